The first-order valence-corrected chi connectivity index (χ1v) is 7.48. The molecule has 0 saturated carbocycles. The molecule has 22 heavy (non-hydrogen) atoms. The van der Waals surface area contributed by atoms with Crippen LogP contribution in [0.1, 0.15) is 32.8 Å². The second kappa shape index (κ2) is 6.69. The van der Waals surface area contributed by atoms with Crippen LogP contribution in [0, 0.1) is 17.2 Å². The molecule has 2 rings (SSSR count). The molecule has 1 atom stereocenters. The van der Waals surface area contributed by atoms with Crippen LogP contribution >= 0.6 is 0 Å². The Hall–Kier alpha value is -2.22. The Morgan fingerprint density at radius 3 is 2.64 bits per heavy atom. The highest BCUT2D eigenvalue weighted by molar-refractivity contribution is 5.68. The summed E-state index contributed by atoms with van der Waals surface area (Å²) < 4.78 is 11.1. The molecule has 1 aromatic carbocycles. The topological polar surface area (TPSA) is 62.6 Å². The molecule has 0 aliphatic carbocycles. The van der Waals surface area contributed by atoms with E-state index in [1.165, 1.54) is 0 Å². The molecule has 0 aromatic heterocycles. The van der Waals surface area contributed by atoms with E-state index in [9.17, 15) is 4.79 Å². The molecule has 0 bridgehead atoms. The Morgan fingerprint density at radius 1 is 1.36 bits per heavy atom. The molecule has 5 nitrogen and oxygen atoms in total. The van der Waals surface area contributed by atoms with Crippen LogP contribution in [-0.2, 0) is 4.74 Å². The first kappa shape index (κ1) is 16.2. The van der Waals surface area contributed by atoms with Crippen molar-refractivity contribution in [3.8, 4) is 11.8 Å². The van der Waals surface area contributed by atoms with Crippen LogP contribution in [0.15, 0.2) is 24.3 Å². The predicted octanol–water partition coefficient (Wildman–Crippen LogP) is 3.19. The Labute approximate surface area is 131 Å². The second-order valence-electron chi connectivity index (χ2n) is 6.53. The number of likely N-dealkylation sites (tertiary alicyclic amines) is 1. The van der Waals surface area contributed by atoms with Crippen molar-refractivity contribution in [1.82, 2.24) is 4.90 Å². The molecule has 1 aromatic rings. The number of carbonyl (C=O) groups is 1. The minimum atomic E-state index is -0.464. The van der Waals surface area contributed by atoms with Gasteiger partial charge < -0.3 is 14.4 Å². The molecule has 1 heterocycles. The van der Waals surface area contributed by atoms with E-state index in [-0.39, 0.29) is 6.09 Å². The quantitative estimate of drug-likeness (QED) is 0.860. The van der Waals surface area contributed by atoms with Crippen LogP contribution in [0.25, 0.3) is 0 Å². The van der Waals surface area contributed by atoms with Crippen molar-refractivity contribution in [2.24, 2.45) is 5.92 Å². The van der Waals surface area contributed by atoms with Crippen molar-refractivity contribution >= 4 is 6.09 Å². The maximum absolute atomic E-state index is 12.0. The fourth-order valence-corrected chi connectivity index (χ4v) is 2.30. The Kier molecular flexibility index (Phi) is 4.92. The number of rotatable bonds is 3. The maximum atomic E-state index is 12.0. The van der Waals surface area contributed by atoms with Gasteiger partial charge in [0.25, 0.3) is 0 Å². The molecule has 1 aliphatic heterocycles. The van der Waals surface area contributed by atoms with Gasteiger partial charge in [-0.25, -0.2) is 4.79 Å². The summed E-state index contributed by atoms with van der Waals surface area (Å²) in [4.78, 5) is 13.7. The zero-order chi connectivity index (χ0) is 16.2. The zero-order valence-electron chi connectivity index (χ0n) is 13.3. The average molecular weight is 302 g/mol. The van der Waals surface area contributed by atoms with Crippen molar-refractivity contribution in [3.63, 3.8) is 0 Å². The number of nitriles is 1. The summed E-state index contributed by atoms with van der Waals surface area (Å²) in [6, 6.07) is 9.12. The fourth-order valence-electron chi connectivity index (χ4n) is 2.30. The fraction of sp³-hybridized carbons (Fsp3) is 0.529. The van der Waals surface area contributed by atoms with Gasteiger partial charge in [0.1, 0.15) is 11.4 Å². The summed E-state index contributed by atoms with van der Waals surface area (Å²) in [5, 5.41) is 8.75. The SMILES string of the molecule is CC(C)(C)OC(=O)N1CC[C@@H](COc2ccc(C#N)cc2)C1. The van der Waals surface area contributed by atoms with Crippen LogP contribution in [-0.4, -0.2) is 36.3 Å². The molecule has 0 unspecified atom stereocenters. The number of hydrogen-bond donors (Lipinski definition) is 0. The second-order valence-corrected chi connectivity index (χ2v) is 6.53. The van der Waals surface area contributed by atoms with Crippen LogP contribution in [0.4, 0.5) is 4.79 Å². The van der Waals surface area contributed by atoms with Gasteiger partial charge in [-0.05, 0) is 51.5 Å². The molecule has 0 N–H and O–H groups in total. The minimum absolute atomic E-state index is 0.256. The van der Waals surface area contributed by atoms with Crippen molar-refractivity contribution in [3.05, 3.63) is 29.8 Å². The van der Waals surface area contributed by atoms with Crippen molar-refractivity contribution in [2.75, 3.05) is 19.7 Å². The molecule has 5 heteroatoms. The third-order valence-electron chi connectivity index (χ3n) is 3.41. The van der Waals surface area contributed by atoms with Crippen LogP contribution < -0.4 is 4.74 Å². The van der Waals surface area contributed by atoms with Gasteiger partial charge in [-0.1, -0.05) is 0 Å². The molecule has 118 valence electrons. The number of nitrogens with zero attached hydrogens (tertiary/aromatic N) is 2. The summed E-state index contributed by atoms with van der Waals surface area (Å²) in [5.41, 5.74) is 0.151. The molecule has 1 fully saturated rings. The first-order chi connectivity index (χ1) is 10.4. The highest BCUT2D eigenvalue weighted by Crippen LogP contribution is 2.21. The molecular formula is C17H22N2O3. The summed E-state index contributed by atoms with van der Waals surface area (Å²) in [5.74, 6) is 1.05. The normalized spacial score (nSPS) is 17.9. The van der Waals surface area contributed by atoms with Gasteiger partial charge in [-0.2, -0.15) is 5.26 Å². The monoisotopic (exact) mass is 302 g/mol. The third-order valence-corrected chi connectivity index (χ3v) is 3.41. The summed E-state index contributed by atoms with van der Waals surface area (Å²) in [6.45, 7) is 7.53. The van der Waals surface area contributed by atoms with Gasteiger partial charge in [-0.15, -0.1) is 0 Å². The van der Waals surface area contributed by atoms with E-state index in [0.717, 1.165) is 12.2 Å². The summed E-state index contributed by atoms with van der Waals surface area (Å²) >= 11 is 0. The lowest BCUT2D eigenvalue weighted by Crippen LogP contribution is -2.35. The molecule has 1 saturated heterocycles. The van der Waals surface area contributed by atoms with Gasteiger partial charge in [0.2, 0.25) is 0 Å². The molecule has 0 spiro atoms. The van der Waals surface area contributed by atoms with Gasteiger partial charge >= 0.3 is 6.09 Å². The number of hydrogen-bond acceptors (Lipinski definition) is 4. The van der Waals surface area contributed by atoms with E-state index in [1.54, 1.807) is 29.2 Å². The highest BCUT2D eigenvalue weighted by Gasteiger charge is 2.30. The molecule has 1 aliphatic rings. The van der Waals surface area contributed by atoms with Crippen molar-refractivity contribution in [2.45, 2.75) is 32.8 Å². The highest BCUT2D eigenvalue weighted by atomic mass is 16.6. The van der Waals surface area contributed by atoms with E-state index in [1.807, 2.05) is 20.8 Å². The lowest BCUT2D eigenvalue weighted by Gasteiger charge is -2.24. The minimum Gasteiger partial charge on any atom is -0.493 e. The average Bonchev–Trinajstić information content (AvgIpc) is 2.93. The summed E-state index contributed by atoms with van der Waals surface area (Å²) in [7, 11) is 0. The molecular weight excluding hydrogens is 280 g/mol. The van der Waals surface area contributed by atoms with E-state index in [0.29, 0.717) is 31.2 Å². The van der Waals surface area contributed by atoms with Crippen molar-refractivity contribution < 1.29 is 14.3 Å². The number of carbonyl (C=O) groups excluding carboxylic acids is 1. The Balaban J connectivity index is 1.78. The molecule has 0 radical (unpaired) electrons. The lowest BCUT2D eigenvalue weighted by molar-refractivity contribution is 0.0285. The van der Waals surface area contributed by atoms with E-state index >= 15 is 0 Å². The Bertz CT molecular complexity index is 555. The smallest absolute Gasteiger partial charge is 0.410 e. The maximum Gasteiger partial charge on any atom is 0.410 e. The van der Waals surface area contributed by atoms with Gasteiger partial charge in [0, 0.05) is 19.0 Å². The van der Waals surface area contributed by atoms with Crippen LogP contribution in [0.2, 0.25) is 0 Å². The van der Waals surface area contributed by atoms with Crippen LogP contribution in [0.5, 0.6) is 5.75 Å². The number of benzene rings is 1. The van der Waals surface area contributed by atoms with E-state index in [2.05, 4.69) is 6.07 Å². The van der Waals surface area contributed by atoms with E-state index in [4.69, 9.17) is 14.7 Å². The molecule has 1 amide bonds. The zero-order valence-corrected chi connectivity index (χ0v) is 13.3. The standard InChI is InChI=1S/C17H22N2O3/c1-17(2,3)22-16(20)19-9-8-14(11-19)12-21-15-6-4-13(10-18)5-7-15/h4-7,14H,8-9,11-12H2,1-3H3/t14-/m1/s1. The number of ether oxygens (including phenoxy) is 2. The van der Waals surface area contributed by atoms with Crippen LogP contribution in [0.3, 0.4) is 0 Å². The largest absolute Gasteiger partial charge is 0.493 e. The van der Waals surface area contributed by atoms with Gasteiger partial charge in [0.15, 0.2) is 0 Å². The van der Waals surface area contributed by atoms with Gasteiger partial charge in [-0.3, -0.25) is 0 Å². The Morgan fingerprint density at radius 2 is 2.05 bits per heavy atom. The number of amides is 1. The van der Waals surface area contributed by atoms with Crippen molar-refractivity contribution in [1.29, 1.82) is 5.26 Å². The third kappa shape index (κ3) is 4.66. The van der Waals surface area contributed by atoms with Gasteiger partial charge in [0.05, 0.1) is 18.2 Å². The van der Waals surface area contributed by atoms with E-state index < -0.39 is 5.60 Å². The first-order valence-electron chi connectivity index (χ1n) is 7.48. The predicted molar refractivity (Wildman–Crippen MR) is 82.6 cm³/mol. The summed E-state index contributed by atoms with van der Waals surface area (Å²) in [6.07, 6.45) is 0.656. The lowest BCUT2D eigenvalue weighted by atomic mass is 10.1.